The quantitative estimate of drug-likeness (QED) is 0.885. The van der Waals surface area contributed by atoms with Gasteiger partial charge in [-0.3, -0.25) is 4.90 Å². The summed E-state index contributed by atoms with van der Waals surface area (Å²) >= 11 is 0. The average Bonchev–Trinajstić information content (AvgIpc) is 2.66. The van der Waals surface area contributed by atoms with Crippen molar-refractivity contribution in [3.05, 3.63) is 35.9 Å². The Morgan fingerprint density at radius 1 is 1.17 bits per heavy atom. The molecule has 0 aliphatic heterocycles. The van der Waals surface area contributed by atoms with Crippen LogP contribution in [0.5, 0.6) is 0 Å². The lowest BCUT2D eigenvalue weighted by atomic mass is 9.73. The molecule has 0 radical (unpaired) electrons. The molecule has 2 nitrogen and oxygen atoms in total. The molecule has 1 aliphatic rings. The second kappa shape index (κ2) is 5.02. The number of nitrogens with zero attached hydrogens (tertiary/aromatic N) is 1. The number of benzene rings is 1. The molecule has 1 aliphatic carbocycles. The van der Waals surface area contributed by atoms with E-state index in [2.05, 4.69) is 56.1 Å². The summed E-state index contributed by atoms with van der Waals surface area (Å²) in [5.41, 5.74) is 7.99. The molecule has 0 bridgehead atoms. The Hall–Kier alpha value is -0.860. The highest BCUT2D eigenvalue weighted by molar-refractivity contribution is 5.16. The number of nitrogens with two attached hydrogens (primary N) is 1. The maximum atomic E-state index is 6.16. The first-order valence-electron chi connectivity index (χ1n) is 6.97. The van der Waals surface area contributed by atoms with E-state index >= 15 is 0 Å². The third-order valence-corrected chi connectivity index (χ3v) is 4.98. The largest absolute Gasteiger partial charge is 0.329 e. The van der Waals surface area contributed by atoms with Crippen LogP contribution in [0, 0.1) is 5.41 Å². The molecule has 1 aromatic carbocycles. The van der Waals surface area contributed by atoms with Crippen LogP contribution in [-0.2, 0) is 6.54 Å². The third-order valence-electron chi connectivity index (χ3n) is 4.98. The maximum absolute atomic E-state index is 6.16. The van der Waals surface area contributed by atoms with Gasteiger partial charge in [0.2, 0.25) is 0 Å². The molecule has 1 aromatic rings. The van der Waals surface area contributed by atoms with Crippen molar-refractivity contribution < 1.29 is 0 Å². The van der Waals surface area contributed by atoms with Gasteiger partial charge < -0.3 is 5.73 Å². The molecule has 0 amide bonds. The fraction of sp³-hybridized carbons (Fsp3) is 0.625. The molecular formula is C16H26N2. The van der Waals surface area contributed by atoms with E-state index in [1.54, 1.807) is 0 Å². The van der Waals surface area contributed by atoms with Gasteiger partial charge in [-0.2, -0.15) is 0 Å². The highest BCUT2D eigenvalue weighted by atomic mass is 15.2. The van der Waals surface area contributed by atoms with Crippen molar-refractivity contribution in [3.8, 4) is 0 Å². The first kappa shape index (κ1) is 13.6. The van der Waals surface area contributed by atoms with E-state index in [-0.39, 0.29) is 5.54 Å². The Morgan fingerprint density at radius 2 is 1.83 bits per heavy atom. The van der Waals surface area contributed by atoms with Crippen molar-refractivity contribution in [3.63, 3.8) is 0 Å². The topological polar surface area (TPSA) is 29.3 Å². The Morgan fingerprint density at radius 3 is 2.33 bits per heavy atom. The molecule has 1 fully saturated rings. The molecule has 1 atom stereocenters. The molecule has 100 valence electrons. The SMILES string of the molecule is CN(Cc1ccccc1)C1(CN)CCCC1(C)C. The first-order valence-corrected chi connectivity index (χ1v) is 6.97. The molecule has 2 N–H and O–H groups in total. The van der Waals surface area contributed by atoms with Crippen molar-refractivity contribution in [1.29, 1.82) is 0 Å². The minimum absolute atomic E-state index is 0.156. The standard InChI is InChI=1S/C16H26N2/c1-15(2)10-7-11-16(15,13-17)18(3)12-14-8-5-4-6-9-14/h4-6,8-9H,7,10-13,17H2,1-3H3. The summed E-state index contributed by atoms with van der Waals surface area (Å²) in [6.07, 6.45) is 3.80. The highest BCUT2D eigenvalue weighted by Crippen LogP contribution is 2.48. The van der Waals surface area contributed by atoms with Crippen LogP contribution in [0.25, 0.3) is 0 Å². The number of likely N-dealkylation sites (N-methyl/N-ethyl adjacent to an activating group) is 1. The van der Waals surface area contributed by atoms with Crippen LogP contribution in [-0.4, -0.2) is 24.0 Å². The van der Waals surface area contributed by atoms with Crippen molar-refractivity contribution in [1.82, 2.24) is 4.90 Å². The zero-order chi connectivity index (χ0) is 13.2. The van der Waals surface area contributed by atoms with Gasteiger partial charge in [0.15, 0.2) is 0 Å². The normalized spacial score (nSPS) is 26.7. The lowest BCUT2D eigenvalue weighted by Gasteiger charge is -2.48. The van der Waals surface area contributed by atoms with Crippen LogP contribution in [0.15, 0.2) is 30.3 Å². The van der Waals surface area contributed by atoms with Gasteiger partial charge in [0, 0.05) is 18.6 Å². The van der Waals surface area contributed by atoms with Gasteiger partial charge in [-0.25, -0.2) is 0 Å². The first-order chi connectivity index (χ1) is 8.52. The van der Waals surface area contributed by atoms with E-state index in [0.29, 0.717) is 5.41 Å². The summed E-state index contributed by atoms with van der Waals surface area (Å²) in [6, 6.07) is 10.7. The lowest BCUT2D eigenvalue weighted by molar-refractivity contribution is 0.0276. The summed E-state index contributed by atoms with van der Waals surface area (Å²) in [4.78, 5) is 2.48. The molecule has 0 aromatic heterocycles. The number of rotatable bonds is 4. The fourth-order valence-corrected chi connectivity index (χ4v) is 3.64. The fourth-order valence-electron chi connectivity index (χ4n) is 3.64. The van der Waals surface area contributed by atoms with Crippen LogP contribution in [0.1, 0.15) is 38.7 Å². The van der Waals surface area contributed by atoms with Crippen molar-refractivity contribution in [2.24, 2.45) is 11.1 Å². The number of hydrogen-bond acceptors (Lipinski definition) is 2. The molecule has 1 saturated carbocycles. The van der Waals surface area contributed by atoms with Crippen molar-refractivity contribution >= 4 is 0 Å². The maximum Gasteiger partial charge on any atom is 0.0383 e. The molecule has 2 heteroatoms. The van der Waals surface area contributed by atoms with Gasteiger partial charge in [-0.05, 0) is 30.9 Å². The van der Waals surface area contributed by atoms with E-state index in [1.807, 2.05) is 0 Å². The molecule has 18 heavy (non-hydrogen) atoms. The smallest absolute Gasteiger partial charge is 0.0383 e. The van der Waals surface area contributed by atoms with Gasteiger partial charge in [-0.1, -0.05) is 50.6 Å². The van der Waals surface area contributed by atoms with E-state index in [9.17, 15) is 0 Å². The second-order valence-electron chi connectivity index (χ2n) is 6.31. The molecule has 0 spiro atoms. The van der Waals surface area contributed by atoms with Gasteiger partial charge in [-0.15, -0.1) is 0 Å². The summed E-state index contributed by atoms with van der Waals surface area (Å²) in [5, 5.41) is 0. The molecule has 0 heterocycles. The third kappa shape index (κ3) is 2.19. The lowest BCUT2D eigenvalue weighted by Crippen LogP contribution is -2.57. The van der Waals surface area contributed by atoms with Gasteiger partial charge >= 0.3 is 0 Å². The van der Waals surface area contributed by atoms with E-state index in [1.165, 1.54) is 24.8 Å². The average molecular weight is 246 g/mol. The van der Waals surface area contributed by atoms with Crippen LogP contribution < -0.4 is 5.73 Å². The minimum Gasteiger partial charge on any atom is -0.329 e. The zero-order valence-electron chi connectivity index (χ0n) is 11.9. The van der Waals surface area contributed by atoms with Crippen LogP contribution >= 0.6 is 0 Å². The van der Waals surface area contributed by atoms with E-state index < -0.39 is 0 Å². The summed E-state index contributed by atoms with van der Waals surface area (Å²) < 4.78 is 0. The minimum atomic E-state index is 0.156. The Labute approximate surface area is 111 Å². The van der Waals surface area contributed by atoms with Crippen LogP contribution in [0.3, 0.4) is 0 Å². The monoisotopic (exact) mass is 246 g/mol. The molecular weight excluding hydrogens is 220 g/mol. The van der Waals surface area contributed by atoms with Crippen LogP contribution in [0.2, 0.25) is 0 Å². The van der Waals surface area contributed by atoms with Crippen molar-refractivity contribution in [2.45, 2.75) is 45.2 Å². The number of hydrogen-bond donors (Lipinski definition) is 1. The predicted octanol–water partition coefficient (Wildman–Crippen LogP) is 3.03. The van der Waals surface area contributed by atoms with E-state index in [4.69, 9.17) is 5.73 Å². The van der Waals surface area contributed by atoms with Crippen molar-refractivity contribution in [2.75, 3.05) is 13.6 Å². The van der Waals surface area contributed by atoms with Crippen LogP contribution in [0.4, 0.5) is 0 Å². The van der Waals surface area contributed by atoms with E-state index in [0.717, 1.165) is 13.1 Å². The highest BCUT2D eigenvalue weighted by Gasteiger charge is 2.50. The van der Waals surface area contributed by atoms with Gasteiger partial charge in [0.25, 0.3) is 0 Å². The zero-order valence-corrected chi connectivity index (χ0v) is 11.9. The second-order valence-corrected chi connectivity index (χ2v) is 6.31. The molecule has 2 rings (SSSR count). The Kier molecular flexibility index (Phi) is 3.79. The molecule has 0 saturated heterocycles. The Balaban J connectivity index is 2.18. The van der Waals surface area contributed by atoms with Gasteiger partial charge in [0.1, 0.15) is 0 Å². The summed E-state index contributed by atoms with van der Waals surface area (Å²) in [5.74, 6) is 0. The van der Waals surface area contributed by atoms with Gasteiger partial charge in [0.05, 0.1) is 0 Å². The predicted molar refractivity (Wildman–Crippen MR) is 77.3 cm³/mol. The summed E-state index contributed by atoms with van der Waals surface area (Å²) in [6.45, 7) is 6.48. The Bertz CT molecular complexity index is 385. The summed E-state index contributed by atoms with van der Waals surface area (Å²) in [7, 11) is 2.23. The molecule has 1 unspecified atom stereocenters.